The number of aryl methyl sites for hydroxylation is 1. The molecule has 0 fully saturated rings. The average Bonchev–Trinajstić information content (AvgIpc) is 3.32. The van der Waals surface area contributed by atoms with Gasteiger partial charge in [0.05, 0.1) is 29.2 Å². The maximum Gasteiger partial charge on any atom is 0.285 e. The lowest BCUT2D eigenvalue weighted by Crippen LogP contribution is -2.32. The number of sulfonamides is 1. The van der Waals surface area contributed by atoms with E-state index < -0.39 is 15.9 Å². The summed E-state index contributed by atoms with van der Waals surface area (Å²) >= 11 is 6.34. The smallest absolute Gasteiger partial charge is 0.266 e. The second-order valence-corrected chi connectivity index (χ2v) is 9.75. The molecule has 0 saturated heterocycles. The number of nitrogens with one attached hydrogen (secondary N) is 1. The van der Waals surface area contributed by atoms with Gasteiger partial charge in [0.2, 0.25) is 10.0 Å². The minimum Gasteiger partial charge on any atom is -0.266 e. The molecule has 1 aromatic carbocycles. The molecular weight excluding hydrogens is 450 g/mol. The Hall–Kier alpha value is -3.17. The average molecular weight is 472 g/mol. The summed E-state index contributed by atoms with van der Waals surface area (Å²) in [7, 11) is -3.68. The molecule has 0 atom stereocenters. The molecule has 3 heterocycles. The maximum atomic E-state index is 12.4. The van der Waals surface area contributed by atoms with Crippen molar-refractivity contribution in [2.45, 2.75) is 26.8 Å². The van der Waals surface area contributed by atoms with Crippen LogP contribution in [0.2, 0.25) is 5.02 Å². The first-order valence-electron chi connectivity index (χ1n) is 10.1. The standard InChI is InChI=1S/C22H22ClN5O3S/c1-3-9-32(30,31)26-22(29)21-10-15(2)27(24-21)14-19-12-17(23)11-18-13-20(25-28(18)19)16-7-5-4-6-8-16/h4-8,10-13H,3,9,14H2,1-2H3,(H,26,29). The van der Waals surface area contributed by atoms with Crippen LogP contribution in [0.5, 0.6) is 0 Å². The van der Waals surface area contributed by atoms with Crippen LogP contribution in [0.3, 0.4) is 0 Å². The summed E-state index contributed by atoms with van der Waals surface area (Å²) in [5, 5.41) is 9.58. The number of carbonyl (C=O) groups is 1. The molecule has 0 aliphatic heterocycles. The van der Waals surface area contributed by atoms with E-state index in [1.54, 1.807) is 35.2 Å². The van der Waals surface area contributed by atoms with E-state index in [4.69, 9.17) is 16.7 Å². The molecule has 3 aromatic heterocycles. The topological polar surface area (TPSA) is 98.4 Å². The van der Waals surface area contributed by atoms with E-state index >= 15 is 0 Å². The van der Waals surface area contributed by atoms with Gasteiger partial charge in [0.1, 0.15) is 0 Å². The van der Waals surface area contributed by atoms with Crippen LogP contribution in [0, 0.1) is 6.92 Å². The molecule has 0 aliphatic rings. The van der Waals surface area contributed by atoms with E-state index in [9.17, 15) is 13.2 Å². The maximum absolute atomic E-state index is 12.4. The fourth-order valence-electron chi connectivity index (χ4n) is 3.44. The van der Waals surface area contributed by atoms with Gasteiger partial charge in [-0.1, -0.05) is 48.9 Å². The first-order chi connectivity index (χ1) is 15.3. The molecule has 0 radical (unpaired) electrons. The second-order valence-electron chi connectivity index (χ2n) is 7.48. The fourth-order valence-corrected chi connectivity index (χ4v) is 4.71. The van der Waals surface area contributed by atoms with Crippen molar-refractivity contribution in [2.24, 2.45) is 0 Å². The lowest BCUT2D eigenvalue weighted by atomic mass is 10.1. The molecule has 166 valence electrons. The van der Waals surface area contributed by atoms with E-state index in [0.717, 1.165) is 22.5 Å². The van der Waals surface area contributed by atoms with Gasteiger partial charge in [0.25, 0.3) is 5.91 Å². The second kappa shape index (κ2) is 8.76. The number of benzene rings is 1. The summed E-state index contributed by atoms with van der Waals surface area (Å²) in [6.07, 6.45) is 0.412. The molecule has 0 bridgehead atoms. The molecule has 1 N–H and O–H groups in total. The number of rotatable bonds is 7. The Morgan fingerprint density at radius 1 is 1.09 bits per heavy atom. The highest BCUT2D eigenvalue weighted by atomic mass is 35.5. The van der Waals surface area contributed by atoms with Gasteiger partial charge in [0.15, 0.2) is 5.69 Å². The van der Waals surface area contributed by atoms with Crippen LogP contribution < -0.4 is 4.72 Å². The molecular formula is C22H22ClN5O3S. The lowest BCUT2D eigenvalue weighted by molar-refractivity contribution is 0.0975. The Morgan fingerprint density at radius 2 is 1.84 bits per heavy atom. The highest BCUT2D eigenvalue weighted by Crippen LogP contribution is 2.24. The number of amides is 1. The van der Waals surface area contributed by atoms with Crippen molar-refractivity contribution in [1.29, 1.82) is 0 Å². The van der Waals surface area contributed by atoms with Gasteiger partial charge < -0.3 is 0 Å². The molecule has 4 aromatic rings. The van der Waals surface area contributed by atoms with Crippen molar-refractivity contribution in [1.82, 2.24) is 24.1 Å². The lowest BCUT2D eigenvalue weighted by Gasteiger charge is -2.08. The SMILES string of the molecule is CCCS(=O)(=O)NC(=O)c1cc(C)n(Cc2cc(Cl)cc3cc(-c4ccccc4)nn23)n1. The zero-order chi connectivity index (χ0) is 22.9. The van der Waals surface area contributed by atoms with E-state index in [-0.39, 0.29) is 11.4 Å². The van der Waals surface area contributed by atoms with Crippen LogP contribution in [0.1, 0.15) is 35.2 Å². The van der Waals surface area contributed by atoms with E-state index in [2.05, 4.69) is 9.82 Å². The number of hydrogen-bond acceptors (Lipinski definition) is 5. The summed E-state index contributed by atoms with van der Waals surface area (Å²) in [4.78, 5) is 12.4. The van der Waals surface area contributed by atoms with Crippen molar-refractivity contribution in [3.8, 4) is 11.3 Å². The van der Waals surface area contributed by atoms with Crippen LogP contribution in [-0.2, 0) is 16.6 Å². The van der Waals surface area contributed by atoms with Crippen LogP contribution in [0.15, 0.2) is 54.6 Å². The minimum atomic E-state index is -3.68. The van der Waals surface area contributed by atoms with E-state index in [1.807, 2.05) is 42.5 Å². The predicted octanol–water partition coefficient (Wildman–Crippen LogP) is 3.68. The van der Waals surface area contributed by atoms with Crippen molar-refractivity contribution >= 4 is 33.0 Å². The monoisotopic (exact) mass is 471 g/mol. The number of pyridine rings is 1. The first kappa shape index (κ1) is 22.0. The Morgan fingerprint density at radius 3 is 2.56 bits per heavy atom. The Bertz CT molecular complexity index is 1390. The Balaban J connectivity index is 1.65. The van der Waals surface area contributed by atoms with Gasteiger partial charge in [-0.05, 0) is 37.6 Å². The Labute approximate surface area is 190 Å². The number of fused-ring (bicyclic) bond motifs is 1. The summed E-state index contributed by atoms with van der Waals surface area (Å²) in [6, 6.07) is 17.0. The third-order valence-corrected chi connectivity index (χ3v) is 6.58. The number of carbonyl (C=O) groups excluding carboxylic acids is 1. The van der Waals surface area contributed by atoms with Crippen molar-refractivity contribution in [3.05, 3.63) is 76.7 Å². The van der Waals surface area contributed by atoms with Gasteiger partial charge >= 0.3 is 0 Å². The molecule has 8 nitrogen and oxygen atoms in total. The van der Waals surface area contributed by atoms with Gasteiger partial charge in [-0.15, -0.1) is 0 Å². The van der Waals surface area contributed by atoms with Crippen LogP contribution in [0.4, 0.5) is 0 Å². The number of aromatic nitrogens is 4. The molecule has 0 saturated carbocycles. The van der Waals surface area contributed by atoms with Crippen molar-refractivity contribution in [2.75, 3.05) is 5.75 Å². The van der Waals surface area contributed by atoms with Crippen LogP contribution in [-0.4, -0.2) is 39.5 Å². The van der Waals surface area contributed by atoms with Gasteiger partial charge in [0, 0.05) is 16.3 Å². The van der Waals surface area contributed by atoms with Gasteiger partial charge in [-0.2, -0.15) is 10.2 Å². The third kappa shape index (κ3) is 4.68. The summed E-state index contributed by atoms with van der Waals surface area (Å²) in [5.74, 6) is -0.871. The summed E-state index contributed by atoms with van der Waals surface area (Å²) in [5.41, 5.74) is 4.14. The minimum absolute atomic E-state index is 0.0332. The van der Waals surface area contributed by atoms with E-state index in [0.29, 0.717) is 23.7 Å². The fraction of sp³-hybridized carbons (Fsp3) is 0.227. The number of hydrogen-bond donors (Lipinski definition) is 1. The number of halogens is 1. The normalized spacial score (nSPS) is 11.7. The Kier molecular flexibility index (Phi) is 6.03. The molecule has 32 heavy (non-hydrogen) atoms. The van der Waals surface area contributed by atoms with Crippen molar-refractivity contribution in [3.63, 3.8) is 0 Å². The highest BCUT2D eigenvalue weighted by Gasteiger charge is 2.19. The number of nitrogens with zero attached hydrogens (tertiary/aromatic N) is 4. The van der Waals surface area contributed by atoms with Crippen LogP contribution >= 0.6 is 11.6 Å². The highest BCUT2D eigenvalue weighted by molar-refractivity contribution is 7.90. The van der Waals surface area contributed by atoms with Crippen LogP contribution in [0.25, 0.3) is 16.8 Å². The largest absolute Gasteiger partial charge is 0.285 e. The predicted molar refractivity (Wildman–Crippen MR) is 123 cm³/mol. The zero-order valence-corrected chi connectivity index (χ0v) is 19.2. The quantitative estimate of drug-likeness (QED) is 0.443. The molecule has 1 amide bonds. The molecule has 0 aliphatic carbocycles. The van der Waals surface area contributed by atoms with Gasteiger partial charge in [-0.3, -0.25) is 9.48 Å². The van der Waals surface area contributed by atoms with Crippen molar-refractivity contribution < 1.29 is 13.2 Å². The zero-order valence-electron chi connectivity index (χ0n) is 17.6. The van der Waals surface area contributed by atoms with E-state index in [1.165, 1.54) is 0 Å². The van der Waals surface area contributed by atoms with Gasteiger partial charge in [-0.25, -0.2) is 17.7 Å². The first-order valence-corrected chi connectivity index (χ1v) is 12.1. The molecule has 10 heteroatoms. The summed E-state index contributed by atoms with van der Waals surface area (Å²) < 4.78 is 29.3. The third-order valence-electron chi connectivity index (χ3n) is 4.92. The summed E-state index contributed by atoms with van der Waals surface area (Å²) in [6.45, 7) is 3.82. The molecule has 0 spiro atoms. The molecule has 0 unspecified atom stereocenters. The molecule has 4 rings (SSSR count).